The molecule has 0 spiro atoms. The van der Waals surface area contributed by atoms with Crippen LogP contribution in [-0.4, -0.2) is 50.2 Å². The lowest BCUT2D eigenvalue weighted by atomic mass is 9.89. The van der Waals surface area contributed by atoms with Gasteiger partial charge in [0.2, 0.25) is 5.91 Å². The van der Waals surface area contributed by atoms with E-state index >= 15 is 0 Å². The number of rotatable bonds is 2. The first-order chi connectivity index (χ1) is 9.63. The van der Waals surface area contributed by atoms with Gasteiger partial charge >= 0.3 is 0 Å². The minimum atomic E-state index is 0.169. The van der Waals surface area contributed by atoms with E-state index in [4.69, 9.17) is 9.47 Å². The first-order valence-electron chi connectivity index (χ1n) is 6.87. The molecular weight excluding hydrogens is 256 g/mol. The lowest BCUT2D eigenvalue weighted by Gasteiger charge is -2.43. The molecule has 2 aliphatic rings. The van der Waals surface area contributed by atoms with Crippen molar-refractivity contribution in [1.29, 1.82) is 0 Å². The summed E-state index contributed by atoms with van der Waals surface area (Å²) in [6.45, 7) is 1.68. The van der Waals surface area contributed by atoms with E-state index in [1.165, 1.54) is 11.1 Å². The van der Waals surface area contributed by atoms with Gasteiger partial charge in [-0.25, -0.2) is 0 Å². The van der Waals surface area contributed by atoms with Gasteiger partial charge in [0.1, 0.15) is 0 Å². The largest absolute Gasteiger partial charge is 0.493 e. The monoisotopic (exact) mass is 276 g/mol. The van der Waals surface area contributed by atoms with Crippen LogP contribution in [0.15, 0.2) is 12.1 Å². The number of benzene rings is 1. The number of fused-ring (bicyclic) bond motifs is 3. The number of carbonyl (C=O) groups excluding carboxylic acids is 1. The summed E-state index contributed by atoms with van der Waals surface area (Å²) in [5, 5.41) is 0. The van der Waals surface area contributed by atoms with Crippen molar-refractivity contribution >= 4 is 5.91 Å². The van der Waals surface area contributed by atoms with Crippen molar-refractivity contribution in [3.05, 3.63) is 23.3 Å². The highest BCUT2D eigenvalue weighted by Crippen LogP contribution is 2.40. The second-order valence-corrected chi connectivity index (χ2v) is 5.42. The van der Waals surface area contributed by atoms with Gasteiger partial charge in [-0.2, -0.15) is 0 Å². The first kappa shape index (κ1) is 13.2. The van der Waals surface area contributed by atoms with Crippen molar-refractivity contribution in [1.82, 2.24) is 9.80 Å². The lowest BCUT2D eigenvalue weighted by Crippen LogP contribution is -2.50. The maximum Gasteiger partial charge on any atom is 0.225 e. The zero-order valence-electron chi connectivity index (χ0n) is 12.2. The second kappa shape index (κ2) is 4.98. The van der Waals surface area contributed by atoms with E-state index in [-0.39, 0.29) is 11.9 Å². The Morgan fingerprint density at radius 1 is 1.20 bits per heavy atom. The van der Waals surface area contributed by atoms with E-state index in [9.17, 15) is 4.79 Å². The standard InChI is InChI=1S/C15H20N2O3/c1-16-9-17-5-4-10-6-13(19-2)14(20-3)7-11(10)12(17)8-15(16)18/h6-7,12H,4-5,8-9H2,1-3H3. The number of carbonyl (C=O) groups is 1. The summed E-state index contributed by atoms with van der Waals surface area (Å²) in [5.41, 5.74) is 2.47. The maximum absolute atomic E-state index is 12.0. The third-order valence-electron chi connectivity index (χ3n) is 4.30. The van der Waals surface area contributed by atoms with E-state index in [1.54, 1.807) is 19.1 Å². The third-order valence-corrected chi connectivity index (χ3v) is 4.30. The molecule has 5 nitrogen and oxygen atoms in total. The molecule has 0 aromatic heterocycles. The highest BCUT2D eigenvalue weighted by atomic mass is 16.5. The summed E-state index contributed by atoms with van der Waals surface area (Å²) < 4.78 is 10.8. The van der Waals surface area contributed by atoms with Crippen molar-refractivity contribution in [3.63, 3.8) is 0 Å². The summed E-state index contributed by atoms with van der Waals surface area (Å²) in [6, 6.07) is 4.25. The van der Waals surface area contributed by atoms with E-state index in [1.807, 2.05) is 19.2 Å². The molecule has 2 heterocycles. The molecule has 1 aromatic rings. The Morgan fingerprint density at radius 2 is 1.90 bits per heavy atom. The van der Waals surface area contributed by atoms with Gasteiger partial charge in [0.25, 0.3) is 0 Å². The number of ether oxygens (including phenoxy) is 2. The van der Waals surface area contributed by atoms with Crippen molar-refractivity contribution in [2.24, 2.45) is 0 Å². The minimum Gasteiger partial charge on any atom is -0.493 e. The fourth-order valence-corrected chi connectivity index (χ4v) is 3.16. The lowest BCUT2D eigenvalue weighted by molar-refractivity contribution is -0.139. The predicted molar refractivity (Wildman–Crippen MR) is 75.0 cm³/mol. The number of hydrogen-bond acceptors (Lipinski definition) is 4. The topological polar surface area (TPSA) is 42.0 Å². The van der Waals surface area contributed by atoms with Gasteiger partial charge in [-0.05, 0) is 29.7 Å². The molecule has 5 heteroatoms. The summed E-state index contributed by atoms with van der Waals surface area (Å²) >= 11 is 0. The van der Waals surface area contributed by atoms with Crippen LogP contribution in [0.25, 0.3) is 0 Å². The van der Waals surface area contributed by atoms with Crippen LogP contribution in [0.2, 0.25) is 0 Å². The molecule has 0 aliphatic carbocycles. The SMILES string of the molecule is COc1cc2c(cc1OC)C1CC(=O)N(C)CN1CC2. The Kier molecular flexibility index (Phi) is 3.30. The van der Waals surface area contributed by atoms with E-state index in [0.717, 1.165) is 24.5 Å². The normalized spacial score (nSPS) is 22.2. The second-order valence-electron chi connectivity index (χ2n) is 5.42. The average Bonchev–Trinajstić information content (AvgIpc) is 2.47. The van der Waals surface area contributed by atoms with Crippen LogP contribution in [0.3, 0.4) is 0 Å². The fourth-order valence-electron chi connectivity index (χ4n) is 3.16. The van der Waals surface area contributed by atoms with Crippen molar-refractivity contribution in [2.75, 3.05) is 34.5 Å². The highest BCUT2D eigenvalue weighted by molar-refractivity contribution is 5.77. The van der Waals surface area contributed by atoms with E-state index in [0.29, 0.717) is 13.1 Å². The molecule has 1 saturated heterocycles. The van der Waals surface area contributed by atoms with Crippen LogP contribution in [0.1, 0.15) is 23.6 Å². The molecule has 2 aliphatic heterocycles. The fraction of sp³-hybridized carbons (Fsp3) is 0.533. The summed E-state index contributed by atoms with van der Waals surface area (Å²) in [4.78, 5) is 16.1. The van der Waals surface area contributed by atoms with Gasteiger partial charge < -0.3 is 14.4 Å². The summed E-state index contributed by atoms with van der Waals surface area (Å²) in [5.74, 6) is 1.70. The molecule has 1 aromatic carbocycles. The molecule has 0 bridgehead atoms. The van der Waals surface area contributed by atoms with Crippen LogP contribution in [0.5, 0.6) is 11.5 Å². The van der Waals surface area contributed by atoms with Crippen molar-refractivity contribution in [3.8, 4) is 11.5 Å². The third kappa shape index (κ3) is 2.02. The van der Waals surface area contributed by atoms with Gasteiger partial charge in [-0.15, -0.1) is 0 Å². The smallest absolute Gasteiger partial charge is 0.225 e. The first-order valence-corrected chi connectivity index (χ1v) is 6.87. The molecule has 1 atom stereocenters. The van der Waals surface area contributed by atoms with Gasteiger partial charge in [0.15, 0.2) is 11.5 Å². The summed E-state index contributed by atoms with van der Waals surface area (Å²) in [6.07, 6.45) is 1.52. The van der Waals surface area contributed by atoms with Crippen LogP contribution in [0, 0.1) is 0 Å². The Balaban J connectivity index is 2.01. The predicted octanol–water partition coefficient (Wildman–Crippen LogP) is 1.42. The van der Waals surface area contributed by atoms with Crippen LogP contribution < -0.4 is 9.47 Å². The van der Waals surface area contributed by atoms with Crippen molar-refractivity contribution in [2.45, 2.75) is 18.9 Å². The van der Waals surface area contributed by atoms with E-state index in [2.05, 4.69) is 4.90 Å². The molecule has 1 fully saturated rings. The maximum atomic E-state index is 12.0. The molecule has 20 heavy (non-hydrogen) atoms. The van der Waals surface area contributed by atoms with Gasteiger partial charge in [0, 0.05) is 26.1 Å². The number of amides is 1. The Morgan fingerprint density at radius 3 is 2.60 bits per heavy atom. The minimum absolute atomic E-state index is 0.169. The molecular formula is C15H20N2O3. The Bertz CT molecular complexity index is 544. The molecule has 108 valence electrons. The zero-order valence-corrected chi connectivity index (χ0v) is 12.2. The number of hydrogen-bond donors (Lipinski definition) is 0. The van der Waals surface area contributed by atoms with Crippen LogP contribution >= 0.6 is 0 Å². The van der Waals surface area contributed by atoms with Crippen LogP contribution in [-0.2, 0) is 11.2 Å². The molecule has 0 saturated carbocycles. The molecule has 3 rings (SSSR count). The zero-order chi connectivity index (χ0) is 14.3. The van der Waals surface area contributed by atoms with Crippen molar-refractivity contribution < 1.29 is 14.3 Å². The van der Waals surface area contributed by atoms with Gasteiger partial charge in [-0.1, -0.05) is 0 Å². The molecule has 1 amide bonds. The molecule has 1 unspecified atom stereocenters. The van der Waals surface area contributed by atoms with Gasteiger partial charge in [-0.3, -0.25) is 9.69 Å². The average molecular weight is 276 g/mol. The summed E-state index contributed by atoms with van der Waals surface area (Å²) in [7, 11) is 5.16. The Hall–Kier alpha value is -1.75. The highest BCUT2D eigenvalue weighted by Gasteiger charge is 2.35. The quantitative estimate of drug-likeness (QED) is 0.819. The van der Waals surface area contributed by atoms with Crippen LogP contribution in [0.4, 0.5) is 0 Å². The number of methoxy groups -OCH3 is 2. The number of nitrogens with zero attached hydrogens (tertiary/aromatic N) is 2. The molecule has 0 N–H and O–H groups in total. The Labute approximate surface area is 119 Å². The molecule has 0 radical (unpaired) electrons. The van der Waals surface area contributed by atoms with Gasteiger partial charge in [0.05, 0.1) is 20.9 Å². The van der Waals surface area contributed by atoms with E-state index < -0.39 is 0 Å².